The molecule has 2 N–H and O–H groups in total. The van der Waals surface area contributed by atoms with Gasteiger partial charge in [-0.05, 0) is 61.3 Å². The highest BCUT2D eigenvalue weighted by Gasteiger charge is 2.11. The van der Waals surface area contributed by atoms with Crippen LogP contribution in [0.1, 0.15) is 35.7 Å². The van der Waals surface area contributed by atoms with Gasteiger partial charge in [0.2, 0.25) is 0 Å². The Morgan fingerprint density at radius 2 is 2.00 bits per heavy atom. The second-order valence-corrected chi connectivity index (χ2v) is 6.94. The first kappa shape index (κ1) is 22.0. The molecule has 0 spiro atoms. The van der Waals surface area contributed by atoms with Gasteiger partial charge in [0, 0.05) is 12.2 Å². The van der Waals surface area contributed by atoms with E-state index in [1.807, 2.05) is 18.2 Å². The molecule has 0 aliphatic carbocycles. The van der Waals surface area contributed by atoms with Gasteiger partial charge in [-0.1, -0.05) is 36.7 Å². The lowest BCUT2D eigenvalue weighted by Gasteiger charge is -2.13. The van der Waals surface area contributed by atoms with E-state index in [9.17, 15) is 4.79 Å². The summed E-state index contributed by atoms with van der Waals surface area (Å²) in [5, 5.41) is 7.04. The van der Waals surface area contributed by atoms with Gasteiger partial charge >= 0.3 is 5.97 Å². The quantitative estimate of drug-likeness (QED) is 0.344. The molecule has 2 aromatic rings. The highest BCUT2D eigenvalue weighted by molar-refractivity contribution is 7.80. The van der Waals surface area contributed by atoms with Crippen LogP contribution in [0.3, 0.4) is 0 Å². The van der Waals surface area contributed by atoms with Crippen LogP contribution in [0.15, 0.2) is 42.5 Å². The molecule has 0 aliphatic rings. The smallest absolute Gasteiger partial charge is 0.339 e. The Bertz CT molecular complexity index is 814. The number of aryl methyl sites for hydroxylation is 1. The van der Waals surface area contributed by atoms with Gasteiger partial charge in [-0.25, -0.2) is 4.79 Å². The number of para-hydroxylation sites is 1. The fourth-order valence-electron chi connectivity index (χ4n) is 2.59. The number of thiocarbonyl (C=S) groups is 1. The Balaban J connectivity index is 1.82. The number of nitrogens with one attached hydrogen (secondary N) is 2. The van der Waals surface area contributed by atoms with Crippen molar-refractivity contribution < 1.29 is 14.3 Å². The van der Waals surface area contributed by atoms with Crippen molar-refractivity contribution in [1.29, 1.82) is 0 Å². The first-order valence-corrected chi connectivity index (χ1v) is 9.97. The molecular formula is C21H25ClN2O3S. The van der Waals surface area contributed by atoms with Crippen molar-refractivity contribution in [2.45, 2.75) is 26.2 Å². The van der Waals surface area contributed by atoms with Crippen LogP contribution in [0, 0.1) is 0 Å². The lowest BCUT2D eigenvalue weighted by atomic mass is 10.1. The third kappa shape index (κ3) is 6.69. The summed E-state index contributed by atoms with van der Waals surface area (Å²) < 4.78 is 10.5. The molecule has 0 aromatic heterocycles. The van der Waals surface area contributed by atoms with E-state index in [1.54, 1.807) is 18.2 Å². The van der Waals surface area contributed by atoms with E-state index >= 15 is 0 Å². The first-order chi connectivity index (χ1) is 13.5. The molecule has 0 aliphatic heterocycles. The highest BCUT2D eigenvalue weighted by atomic mass is 35.5. The zero-order valence-electron chi connectivity index (χ0n) is 16.1. The van der Waals surface area contributed by atoms with E-state index in [4.69, 9.17) is 33.3 Å². The van der Waals surface area contributed by atoms with Gasteiger partial charge < -0.3 is 20.1 Å². The van der Waals surface area contributed by atoms with Crippen LogP contribution >= 0.6 is 23.8 Å². The van der Waals surface area contributed by atoms with Gasteiger partial charge in [0.25, 0.3) is 0 Å². The molecule has 0 saturated heterocycles. The van der Waals surface area contributed by atoms with Crippen molar-refractivity contribution >= 4 is 40.6 Å². The average molecular weight is 421 g/mol. The molecule has 0 bridgehead atoms. The number of hydrogen-bond acceptors (Lipinski definition) is 4. The van der Waals surface area contributed by atoms with Crippen LogP contribution in [-0.2, 0) is 11.2 Å². The molecule has 28 heavy (non-hydrogen) atoms. The maximum absolute atomic E-state index is 11.7. The SMILES string of the molecule is CCCOc1ccccc1CCCNC(=S)Nc1ccc(Cl)c(C(=O)OC)c1. The predicted octanol–water partition coefficient (Wildman–Crippen LogP) is 4.83. The lowest BCUT2D eigenvalue weighted by molar-refractivity contribution is 0.0601. The molecule has 7 heteroatoms. The largest absolute Gasteiger partial charge is 0.493 e. The molecule has 0 unspecified atom stereocenters. The van der Waals surface area contributed by atoms with Crippen LogP contribution in [-0.4, -0.2) is 31.3 Å². The van der Waals surface area contributed by atoms with E-state index in [-0.39, 0.29) is 0 Å². The number of esters is 1. The summed E-state index contributed by atoms with van der Waals surface area (Å²) in [4.78, 5) is 11.7. The van der Waals surface area contributed by atoms with Gasteiger partial charge in [-0.2, -0.15) is 0 Å². The second-order valence-electron chi connectivity index (χ2n) is 6.13. The summed E-state index contributed by atoms with van der Waals surface area (Å²) in [6.45, 7) is 3.53. The Kier molecular flexibility index (Phi) is 9.04. The standard InChI is InChI=1S/C21H25ClN2O3S/c1-3-13-27-19-9-5-4-7-15(19)8-6-12-23-21(28)24-16-10-11-18(22)17(14-16)20(25)26-2/h4-5,7,9-11,14H,3,6,8,12-13H2,1-2H3,(H2,23,24,28). The third-order valence-electron chi connectivity index (χ3n) is 3.97. The molecule has 0 amide bonds. The normalized spacial score (nSPS) is 10.2. The van der Waals surface area contributed by atoms with Gasteiger partial charge in [0.05, 0.1) is 24.3 Å². The van der Waals surface area contributed by atoms with Crippen LogP contribution < -0.4 is 15.4 Å². The summed E-state index contributed by atoms with van der Waals surface area (Å²) in [6.07, 6.45) is 2.78. The molecule has 150 valence electrons. The number of carbonyl (C=O) groups is 1. The van der Waals surface area contributed by atoms with Crippen molar-refractivity contribution in [1.82, 2.24) is 5.32 Å². The number of methoxy groups -OCH3 is 1. The Labute approximate surface area is 176 Å². The Morgan fingerprint density at radius 1 is 1.21 bits per heavy atom. The number of benzene rings is 2. The van der Waals surface area contributed by atoms with Gasteiger partial charge in [0.15, 0.2) is 5.11 Å². The Hall–Kier alpha value is -2.31. The number of rotatable bonds is 9. The Morgan fingerprint density at radius 3 is 2.75 bits per heavy atom. The third-order valence-corrected chi connectivity index (χ3v) is 4.55. The van der Waals surface area contributed by atoms with Crippen molar-refractivity contribution in [3.8, 4) is 5.75 Å². The van der Waals surface area contributed by atoms with Crippen LogP contribution in [0.5, 0.6) is 5.75 Å². The van der Waals surface area contributed by atoms with Crippen LogP contribution in [0.25, 0.3) is 0 Å². The van der Waals surface area contributed by atoms with Crippen molar-refractivity contribution in [2.24, 2.45) is 0 Å². The second kappa shape index (κ2) is 11.5. The van der Waals surface area contributed by atoms with E-state index in [2.05, 4.69) is 23.6 Å². The topological polar surface area (TPSA) is 59.6 Å². The number of hydrogen-bond donors (Lipinski definition) is 2. The molecule has 0 heterocycles. The minimum atomic E-state index is -0.489. The van der Waals surface area contributed by atoms with E-state index in [0.29, 0.717) is 27.9 Å². The summed E-state index contributed by atoms with van der Waals surface area (Å²) in [6, 6.07) is 13.1. The van der Waals surface area contributed by atoms with Crippen molar-refractivity contribution in [2.75, 3.05) is 25.6 Å². The van der Waals surface area contributed by atoms with E-state index in [1.165, 1.54) is 12.7 Å². The number of ether oxygens (including phenoxy) is 2. The van der Waals surface area contributed by atoms with Crippen LogP contribution in [0.2, 0.25) is 5.02 Å². The lowest BCUT2D eigenvalue weighted by Crippen LogP contribution is -2.29. The minimum Gasteiger partial charge on any atom is -0.493 e. The monoisotopic (exact) mass is 420 g/mol. The molecular weight excluding hydrogens is 396 g/mol. The highest BCUT2D eigenvalue weighted by Crippen LogP contribution is 2.22. The van der Waals surface area contributed by atoms with Crippen molar-refractivity contribution in [3.63, 3.8) is 0 Å². The van der Waals surface area contributed by atoms with Gasteiger partial charge in [-0.15, -0.1) is 0 Å². The summed E-state index contributed by atoms with van der Waals surface area (Å²) in [5.41, 5.74) is 2.15. The number of halogens is 1. The van der Waals surface area contributed by atoms with Crippen molar-refractivity contribution in [3.05, 3.63) is 58.6 Å². The number of carbonyl (C=O) groups excluding carboxylic acids is 1. The van der Waals surface area contributed by atoms with Crippen LogP contribution in [0.4, 0.5) is 5.69 Å². The number of anilines is 1. The molecule has 0 saturated carbocycles. The summed E-state index contributed by atoms with van der Waals surface area (Å²) in [7, 11) is 1.32. The minimum absolute atomic E-state index is 0.292. The predicted molar refractivity (Wildman–Crippen MR) is 118 cm³/mol. The fraction of sp³-hybridized carbons (Fsp3) is 0.333. The maximum atomic E-state index is 11.7. The molecule has 2 rings (SSSR count). The maximum Gasteiger partial charge on any atom is 0.339 e. The first-order valence-electron chi connectivity index (χ1n) is 9.18. The zero-order chi connectivity index (χ0) is 20.4. The van der Waals surface area contributed by atoms with Gasteiger partial charge in [0.1, 0.15) is 5.75 Å². The average Bonchev–Trinajstić information content (AvgIpc) is 2.71. The van der Waals surface area contributed by atoms with E-state index in [0.717, 1.165) is 31.6 Å². The molecule has 0 atom stereocenters. The molecule has 2 aromatic carbocycles. The summed E-state index contributed by atoms with van der Waals surface area (Å²) in [5.74, 6) is 0.457. The molecule has 5 nitrogen and oxygen atoms in total. The zero-order valence-corrected chi connectivity index (χ0v) is 17.7. The summed E-state index contributed by atoms with van der Waals surface area (Å²) >= 11 is 11.3. The van der Waals surface area contributed by atoms with Gasteiger partial charge in [-0.3, -0.25) is 0 Å². The molecule has 0 radical (unpaired) electrons. The fourth-order valence-corrected chi connectivity index (χ4v) is 3.00. The molecule has 0 fully saturated rings. The van der Waals surface area contributed by atoms with E-state index < -0.39 is 5.97 Å².